The minimum atomic E-state index is -0.684. The van der Waals surface area contributed by atoms with Crippen molar-refractivity contribution in [1.29, 1.82) is 0 Å². The minimum absolute atomic E-state index is 0.400. The van der Waals surface area contributed by atoms with Crippen molar-refractivity contribution in [1.82, 2.24) is 0 Å². The molecule has 111 valence electrons. The number of hydrogen-bond donors (Lipinski definition) is 0. The number of rotatable bonds is 7. The molecule has 0 saturated carbocycles. The van der Waals surface area contributed by atoms with Gasteiger partial charge < -0.3 is 0 Å². The van der Waals surface area contributed by atoms with Gasteiger partial charge in [0.2, 0.25) is 0 Å². The molecular formula is C15H17Cl2NiP2. The van der Waals surface area contributed by atoms with Crippen LogP contribution in [0.3, 0.4) is 0 Å². The molecule has 0 bridgehead atoms. The summed E-state index contributed by atoms with van der Waals surface area (Å²) in [5, 5.41) is 2.77. The van der Waals surface area contributed by atoms with Crippen molar-refractivity contribution in [3.8, 4) is 0 Å². The Bertz CT molecular complexity index is 494. The zero-order valence-electron chi connectivity index (χ0n) is 10.8. The van der Waals surface area contributed by atoms with Gasteiger partial charge in [0, 0.05) is 0 Å². The van der Waals surface area contributed by atoms with Crippen LogP contribution in [0, 0.1) is 0 Å². The van der Waals surface area contributed by atoms with Crippen LogP contribution < -0.4 is 10.6 Å². The van der Waals surface area contributed by atoms with E-state index in [1.165, 1.54) is 16.8 Å². The molecule has 2 aromatic rings. The van der Waals surface area contributed by atoms with Gasteiger partial charge in [-0.3, -0.25) is 0 Å². The Kier molecular flexibility index (Phi) is 7.87. The van der Waals surface area contributed by atoms with Crippen LogP contribution in [0.4, 0.5) is 0 Å². The molecule has 5 heteroatoms. The molecule has 0 saturated heterocycles. The maximum atomic E-state index is 6.19. The van der Waals surface area contributed by atoms with Crippen LogP contribution in [0.15, 0.2) is 60.7 Å². The fourth-order valence-electron chi connectivity index (χ4n) is 1.77. The van der Waals surface area contributed by atoms with Crippen LogP contribution in [0.2, 0.25) is 0 Å². The Balaban J connectivity index is 1.84. The van der Waals surface area contributed by atoms with Crippen LogP contribution in [0.25, 0.3) is 0 Å². The second-order valence-electron chi connectivity index (χ2n) is 4.20. The second kappa shape index (κ2) is 9.40. The summed E-state index contributed by atoms with van der Waals surface area (Å²) in [6.45, 7) is 0. The Hall–Kier alpha value is 0.374. The van der Waals surface area contributed by atoms with Gasteiger partial charge in [0.1, 0.15) is 0 Å². The van der Waals surface area contributed by atoms with E-state index in [1.807, 2.05) is 6.07 Å². The van der Waals surface area contributed by atoms with Gasteiger partial charge in [0.25, 0.3) is 0 Å². The van der Waals surface area contributed by atoms with Crippen LogP contribution in [0.1, 0.15) is 6.42 Å². The predicted molar refractivity (Wildman–Crippen MR) is 93.8 cm³/mol. The molecule has 0 aliphatic heterocycles. The quantitative estimate of drug-likeness (QED) is 0.479. The van der Waals surface area contributed by atoms with E-state index in [0.29, 0.717) is 13.2 Å². The third-order valence-electron chi connectivity index (χ3n) is 2.74. The molecule has 3 unspecified atom stereocenters. The summed E-state index contributed by atoms with van der Waals surface area (Å²) in [5.41, 5.74) is 0. The Morgan fingerprint density at radius 3 is 1.95 bits per heavy atom. The van der Waals surface area contributed by atoms with Crippen molar-refractivity contribution in [2.24, 2.45) is 0 Å². The first kappa shape index (κ1) is 16.7. The first-order valence-electron chi connectivity index (χ1n) is 6.29. The molecule has 0 aromatic heterocycles. The van der Waals surface area contributed by atoms with E-state index in [1.54, 1.807) is 0 Å². The van der Waals surface area contributed by atoms with Crippen molar-refractivity contribution in [3.05, 3.63) is 60.7 Å². The van der Waals surface area contributed by atoms with Gasteiger partial charge in [0.15, 0.2) is 0 Å². The SMILES string of the molecule is [Cl][Ni]([Cl])[CH](CCPc1ccccc1)Pc1ccccc1. The third-order valence-corrected chi connectivity index (χ3v) is 9.58. The van der Waals surface area contributed by atoms with E-state index in [-0.39, 0.29) is 0 Å². The Morgan fingerprint density at radius 2 is 1.40 bits per heavy atom. The first-order valence-corrected chi connectivity index (χ1v) is 11.9. The van der Waals surface area contributed by atoms with Gasteiger partial charge in [-0.25, -0.2) is 0 Å². The zero-order valence-corrected chi connectivity index (χ0v) is 15.3. The summed E-state index contributed by atoms with van der Waals surface area (Å²) in [6.07, 6.45) is 2.27. The molecule has 0 nitrogen and oxygen atoms in total. The average Bonchev–Trinajstić information content (AvgIpc) is 2.48. The Morgan fingerprint density at radius 1 is 0.850 bits per heavy atom. The van der Waals surface area contributed by atoms with Crippen molar-refractivity contribution in [2.45, 2.75) is 11.0 Å². The molecule has 0 aliphatic carbocycles. The topological polar surface area (TPSA) is 0 Å². The summed E-state index contributed by atoms with van der Waals surface area (Å²) in [6, 6.07) is 21.2. The molecule has 0 aliphatic rings. The summed E-state index contributed by atoms with van der Waals surface area (Å²) >= 11 is -0.684. The summed E-state index contributed by atoms with van der Waals surface area (Å²) < 4.78 is 0.400. The molecular weight excluding hydrogens is 372 g/mol. The monoisotopic (exact) mass is 387 g/mol. The molecule has 0 spiro atoms. The third kappa shape index (κ3) is 6.01. The average molecular weight is 389 g/mol. The van der Waals surface area contributed by atoms with Crippen LogP contribution in [-0.4, -0.2) is 10.8 Å². The van der Waals surface area contributed by atoms with Gasteiger partial charge in [-0.15, -0.1) is 0 Å². The molecule has 0 N–H and O–H groups in total. The van der Waals surface area contributed by atoms with Gasteiger partial charge >= 0.3 is 138 Å². The van der Waals surface area contributed by atoms with E-state index in [0.717, 1.165) is 15.0 Å². The van der Waals surface area contributed by atoms with Gasteiger partial charge in [-0.2, -0.15) is 0 Å². The van der Waals surface area contributed by atoms with Crippen molar-refractivity contribution < 1.29 is 11.6 Å². The molecule has 2 rings (SSSR count). The van der Waals surface area contributed by atoms with Gasteiger partial charge in [-0.05, 0) is 0 Å². The van der Waals surface area contributed by atoms with Crippen LogP contribution in [0.5, 0.6) is 0 Å². The first-order chi connectivity index (χ1) is 9.75. The molecule has 0 fully saturated rings. The van der Waals surface area contributed by atoms with Crippen LogP contribution in [-0.2, 0) is 11.6 Å². The molecule has 0 heterocycles. The number of benzene rings is 2. The van der Waals surface area contributed by atoms with Gasteiger partial charge in [0.05, 0.1) is 0 Å². The van der Waals surface area contributed by atoms with E-state index >= 15 is 0 Å². The molecule has 2 aromatic carbocycles. The number of hydrogen-bond acceptors (Lipinski definition) is 0. The van der Waals surface area contributed by atoms with E-state index in [2.05, 4.69) is 54.6 Å². The Labute approximate surface area is 137 Å². The van der Waals surface area contributed by atoms with Gasteiger partial charge in [-0.1, -0.05) is 0 Å². The van der Waals surface area contributed by atoms with Crippen molar-refractivity contribution in [3.63, 3.8) is 0 Å². The summed E-state index contributed by atoms with van der Waals surface area (Å²) in [4.78, 5) is 0. The molecule has 0 radical (unpaired) electrons. The van der Waals surface area contributed by atoms with E-state index in [9.17, 15) is 0 Å². The fourth-order valence-corrected chi connectivity index (χ4v) is 7.12. The van der Waals surface area contributed by atoms with Crippen molar-refractivity contribution in [2.75, 3.05) is 6.16 Å². The molecule has 3 atom stereocenters. The fraction of sp³-hybridized carbons (Fsp3) is 0.200. The van der Waals surface area contributed by atoms with Crippen molar-refractivity contribution >= 4 is 48.2 Å². The molecule has 0 amide bonds. The van der Waals surface area contributed by atoms with E-state index in [4.69, 9.17) is 20.4 Å². The second-order valence-corrected chi connectivity index (χ2v) is 11.5. The van der Waals surface area contributed by atoms with E-state index < -0.39 is 11.6 Å². The molecule has 20 heavy (non-hydrogen) atoms. The standard InChI is InChI=1S/C15H17P2.2ClH.Ni/c1-3-8-14(9-4-1)16-12-7-13-17-15-10-5-2-6-11-15;;;/h1-6,8-12,16-17H,7,13H2;2*1H;/q;;;+2/p-2. The predicted octanol–water partition coefficient (Wildman–Crippen LogP) is 4.64. The zero-order chi connectivity index (χ0) is 14.2. The normalized spacial score (nSPS) is 14.2. The summed E-state index contributed by atoms with van der Waals surface area (Å²) in [7, 11) is 13.9. The maximum absolute atomic E-state index is 6.19. The number of halogens is 2. The summed E-state index contributed by atoms with van der Waals surface area (Å²) in [5.74, 6) is 0. The van der Waals surface area contributed by atoms with Crippen LogP contribution >= 0.6 is 37.5 Å².